The Kier molecular flexibility index (Phi) is 9.36. The van der Waals surface area contributed by atoms with E-state index in [2.05, 4.69) is 15.5 Å². The lowest BCUT2D eigenvalue weighted by Crippen LogP contribution is -2.39. The third-order valence-corrected chi connectivity index (χ3v) is 4.70. The normalized spacial score (nSPS) is 19.3. The third-order valence-electron chi connectivity index (χ3n) is 4.70. The van der Waals surface area contributed by atoms with Gasteiger partial charge in [-0.05, 0) is 62.4 Å². The molecule has 2 aliphatic rings. The molecule has 0 spiro atoms. The number of carbonyl (C=O) groups is 2. The number of likely N-dealkylation sites (tertiary alicyclic amines) is 1. The van der Waals surface area contributed by atoms with Gasteiger partial charge in [0.25, 0.3) is 0 Å². The molecule has 0 radical (unpaired) electrons. The van der Waals surface area contributed by atoms with Crippen molar-refractivity contribution in [2.24, 2.45) is 11.7 Å². The highest BCUT2D eigenvalue weighted by Crippen LogP contribution is 2.27. The lowest BCUT2D eigenvalue weighted by molar-refractivity contribution is -0.122. The molecule has 3 rings (SSSR count). The van der Waals surface area contributed by atoms with Crippen LogP contribution < -0.4 is 16.4 Å². The zero-order valence-corrected chi connectivity index (χ0v) is 16.4. The average molecular weight is 403 g/mol. The Labute approximate surface area is 167 Å². The predicted molar refractivity (Wildman–Crippen MR) is 108 cm³/mol. The van der Waals surface area contributed by atoms with Crippen molar-refractivity contribution in [1.29, 1.82) is 0 Å². The monoisotopic (exact) mass is 402 g/mol. The van der Waals surface area contributed by atoms with Crippen molar-refractivity contribution in [3.63, 3.8) is 0 Å². The van der Waals surface area contributed by atoms with E-state index in [9.17, 15) is 9.59 Å². The first-order valence-electron chi connectivity index (χ1n) is 8.74. The molecule has 1 heterocycles. The van der Waals surface area contributed by atoms with Gasteiger partial charge in [0, 0.05) is 12.2 Å². The van der Waals surface area contributed by atoms with Crippen molar-refractivity contribution in [1.82, 2.24) is 10.2 Å². The van der Waals surface area contributed by atoms with Crippen molar-refractivity contribution in [2.75, 3.05) is 25.0 Å². The summed E-state index contributed by atoms with van der Waals surface area (Å²) in [7, 11) is 0. The molecular formula is C18H28Cl2N4O2. The van der Waals surface area contributed by atoms with Crippen LogP contribution in [0.3, 0.4) is 0 Å². The van der Waals surface area contributed by atoms with E-state index in [1.54, 1.807) is 0 Å². The van der Waals surface area contributed by atoms with E-state index >= 15 is 0 Å². The fourth-order valence-electron chi connectivity index (χ4n) is 3.24. The van der Waals surface area contributed by atoms with Crippen molar-refractivity contribution in [3.05, 3.63) is 29.8 Å². The predicted octanol–water partition coefficient (Wildman–Crippen LogP) is 1.92. The third kappa shape index (κ3) is 6.76. The molecule has 6 nitrogen and oxygen atoms in total. The van der Waals surface area contributed by atoms with Crippen LogP contribution >= 0.6 is 24.8 Å². The molecule has 1 saturated heterocycles. The molecule has 1 atom stereocenters. The molecule has 8 heteroatoms. The molecule has 4 N–H and O–H groups in total. The van der Waals surface area contributed by atoms with E-state index in [4.69, 9.17) is 5.73 Å². The Balaban J connectivity index is 0.00000169. The maximum Gasteiger partial charge on any atom is 0.238 e. The van der Waals surface area contributed by atoms with Crippen molar-refractivity contribution in [3.8, 4) is 0 Å². The highest BCUT2D eigenvalue weighted by molar-refractivity contribution is 5.92. The fourth-order valence-corrected chi connectivity index (χ4v) is 3.24. The van der Waals surface area contributed by atoms with E-state index in [0.29, 0.717) is 13.1 Å². The summed E-state index contributed by atoms with van der Waals surface area (Å²) in [6.45, 7) is 2.83. The number of nitrogens with one attached hydrogen (secondary N) is 2. The minimum absolute atomic E-state index is 0. The molecule has 1 aromatic carbocycles. The van der Waals surface area contributed by atoms with Crippen LogP contribution in [0.4, 0.5) is 5.69 Å². The van der Waals surface area contributed by atoms with Gasteiger partial charge < -0.3 is 16.4 Å². The molecule has 1 aromatic rings. The lowest BCUT2D eigenvalue weighted by Gasteiger charge is -2.22. The lowest BCUT2D eigenvalue weighted by atomic mass is 10.1. The number of anilines is 1. The Morgan fingerprint density at radius 3 is 2.65 bits per heavy atom. The first kappa shape index (κ1) is 22.7. The second kappa shape index (κ2) is 10.7. The first-order valence-corrected chi connectivity index (χ1v) is 8.74. The fraction of sp³-hybridized carbons (Fsp3) is 0.556. The Morgan fingerprint density at radius 1 is 1.19 bits per heavy atom. The van der Waals surface area contributed by atoms with Gasteiger partial charge in [0.15, 0.2) is 0 Å². The highest BCUT2D eigenvalue weighted by Gasteiger charge is 2.28. The summed E-state index contributed by atoms with van der Waals surface area (Å²) >= 11 is 0. The Hall–Kier alpha value is -1.34. The van der Waals surface area contributed by atoms with Crippen LogP contribution in [0.15, 0.2) is 24.3 Å². The molecule has 2 amide bonds. The van der Waals surface area contributed by atoms with Gasteiger partial charge in [-0.3, -0.25) is 14.5 Å². The highest BCUT2D eigenvalue weighted by atomic mass is 35.5. The van der Waals surface area contributed by atoms with Gasteiger partial charge in [-0.15, -0.1) is 24.8 Å². The van der Waals surface area contributed by atoms with E-state index in [0.717, 1.165) is 43.1 Å². The molecule has 146 valence electrons. The Bertz CT molecular complexity index is 611. The standard InChI is InChI=1S/C18H26N4O2.2ClH/c19-18(24)16-5-2-8-22(16)12-14-3-1-4-15(9-14)21-17(23)11-20-10-13-6-7-13;;/h1,3-4,9,13,16,20H,2,5-8,10-12H2,(H2,19,24)(H,21,23);2*1H. The summed E-state index contributed by atoms with van der Waals surface area (Å²) in [4.78, 5) is 25.6. The molecule has 26 heavy (non-hydrogen) atoms. The minimum atomic E-state index is -0.251. The van der Waals surface area contributed by atoms with Gasteiger partial charge in [-0.1, -0.05) is 12.1 Å². The number of halogens is 2. The first-order chi connectivity index (χ1) is 11.6. The SMILES string of the molecule is Cl.Cl.NC(=O)C1CCCN1Cc1cccc(NC(=O)CNCC2CC2)c1. The van der Waals surface area contributed by atoms with E-state index in [1.165, 1.54) is 12.8 Å². The summed E-state index contributed by atoms with van der Waals surface area (Å²) in [6, 6.07) is 7.62. The molecular weight excluding hydrogens is 375 g/mol. The number of benzene rings is 1. The van der Waals surface area contributed by atoms with E-state index in [1.807, 2.05) is 24.3 Å². The van der Waals surface area contributed by atoms with Crippen LogP contribution in [-0.4, -0.2) is 42.4 Å². The quantitative estimate of drug-likeness (QED) is 0.619. The molecule has 0 aromatic heterocycles. The average Bonchev–Trinajstić information content (AvgIpc) is 3.24. The number of amides is 2. The summed E-state index contributed by atoms with van der Waals surface area (Å²) in [5.74, 6) is 0.488. The Morgan fingerprint density at radius 2 is 1.96 bits per heavy atom. The van der Waals surface area contributed by atoms with Crippen LogP contribution in [0.1, 0.15) is 31.2 Å². The second-order valence-corrected chi connectivity index (χ2v) is 6.85. The molecule has 1 saturated carbocycles. The second-order valence-electron chi connectivity index (χ2n) is 6.85. The number of hydrogen-bond donors (Lipinski definition) is 3. The number of nitrogens with zero attached hydrogens (tertiary/aromatic N) is 1. The summed E-state index contributed by atoms with van der Waals surface area (Å²) in [5, 5.41) is 6.11. The number of nitrogens with two attached hydrogens (primary N) is 1. The molecule has 0 bridgehead atoms. The summed E-state index contributed by atoms with van der Waals surface area (Å²) < 4.78 is 0. The molecule has 2 fully saturated rings. The number of rotatable bonds is 8. The number of carbonyl (C=O) groups excluding carboxylic acids is 2. The van der Waals surface area contributed by atoms with Crippen LogP contribution in [0.5, 0.6) is 0 Å². The van der Waals surface area contributed by atoms with Crippen LogP contribution in [0.2, 0.25) is 0 Å². The van der Waals surface area contributed by atoms with Gasteiger partial charge >= 0.3 is 0 Å². The molecule has 1 aliphatic heterocycles. The minimum Gasteiger partial charge on any atom is -0.368 e. The number of primary amides is 1. The number of hydrogen-bond acceptors (Lipinski definition) is 4. The van der Waals surface area contributed by atoms with Crippen molar-refractivity contribution >= 4 is 42.3 Å². The van der Waals surface area contributed by atoms with Gasteiger partial charge in [-0.25, -0.2) is 0 Å². The van der Waals surface area contributed by atoms with Crippen LogP contribution in [0.25, 0.3) is 0 Å². The van der Waals surface area contributed by atoms with E-state index < -0.39 is 0 Å². The summed E-state index contributed by atoms with van der Waals surface area (Å²) in [6.07, 6.45) is 4.38. The van der Waals surface area contributed by atoms with Crippen molar-refractivity contribution in [2.45, 2.75) is 38.3 Å². The largest absolute Gasteiger partial charge is 0.368 e. The van der Waals surface area contributed by atoms with Gasteiger partial charge in [0.2, 0.25) is 11.8 Å². The van der Waals surface area contributed by atoms with E-state index in [-0.39, 0.29) is 42.7 Å². The van der Waals surface area contributed by atoms with Crippen LogP contribution in [-0.2, 0) is 16.1 Å². The zero-order valence-electron chi connectivity index (χ0n) is 14.8. The van der Waals surface area contributed by atoms with Gasteiger partial charge in [0.05, 0.1) is 12.6 Å². The maximum absolute atomic E-state index is 12.0. The molecule has 1 unspecified atom stereocenters. The topological polar surface area (TPSA) is 87.5 Å². The smallest absolute Gasteiger partial charge is 0.238 e. The maximum atomic E-state index is 12.0. The van der Waals surface area contributed by atoms with Crippen LogP contribution in [0, 0.1) is 5.92 Å². The zero-order chi connectivity index (χ0) is 16.9. The summed E-state index contributed by atoms with van der Waals surface area (Å²) in [5.41, 5.74) is 7.33. The molecule has 1 aliphatic carbocycles. The van der Waals surface area contributed by atoms with Gasteiger partial charge in [0.1, 0.15) is 0 Å². The van der Waals surface area contributed by atoms with Crippen molar-refractivity contribution < 1.29 is 9.59 Å². The van der Waals surface area contributed by atoms with Gasteiger partial charge in [-0.2, -0.15) is 0 Å².